The van der Waals surface area contributed by atoms with E-state index in [-0.39, 0.29) is 0 Å². The lowest BCUT2D eigenvalue weighted by Gasteiger charge is -1.95. The van der Waals surface area contributed by atoms with Crippen LogP contribution in [0, 0.1) is 0 Å². The molecule has 0 aromatic rings. The molecule has 0 aromatic carbocycles. The Hall–Kier alpha value is -1.05. The molecule has 2 heteroatoms. The third-order valence-corrected chi connectivity index (χ3v) is 1.52. The maximum atomic E-state index is 8.14. The summed E-state index contributed by atoms with van der Waals surface area (Å²) in [4.78, 5) is 0. The fraction of sp³-hybridized carbons (Fsp3) is 0.500. The van der Waals surface area contributed by atoms with Crippen LogP contribution in [0.1, 0.15) is 33.6 Å². The summed E-state index contributed by atoms with van der Waals surface area (Å²) < 4.78 is 0. The van der Waals surface area contributed by atoms with Gasteiger partial charge in [-0.05, 0) is 39.7 Å². The number of rotatable bonds is 4. The van der Waals surface area contributed by atoms with E-state index in [1.807, 2.05) is 13.0 Å². The monoisotopic (exact) mass is 167 g/mol. The van der Waals surface area contributed by atoms with Crippen LogP contribution in [0.4, 0.5) is 0 Å². The molecule has 0 saturated carbocycles. The lowest BCUT2D eigenvalue weighted by Crippen LogP contribution is -1.78. The minimum Gasteiger partial charge on any atom is -0.411 e. The Morgan fingerprint density at radius 1 is 1.33 bits per heavy atom. The summed E-state index contributed by atoms with van der Waals surface area (Å²) >= 11 is 0. The molecule has 0 aliphatic carbocycles. The Morgan fingerprint density at radius 2 is 2.00 bits per heavy atom. The van der Waals surface area contributed by atoms with Gasteiger partial charge in [0.1, 0.15) is 0 Å². The molecule has 0 fully saturated rings. The van der Waals surface area contributed by atoms with Crippen molar-refractivity contribution in [2.24, 2.45) is 5.16 Å². The third-order valence-electron chi connectivity index (χ3n) is 1.52. The van der Waals surface area contributed by atoms with E-state index in [1.165, 1.54) is 17.4 Å². The Labute approximate surface area is 74.3 Å². The zero-order valence-corrected chi connectivity index (χ0v) is 8.04. The number of hydrogen-bond acceptors (Lipinski definition) is 2. The minimum absolute atomic E-state index is 1.02. The maximum absolute atomic E-state index is 8.14. The molecule has 0 amide bonds. The van der Waals surface area contributed by atoms with Gasteiger partial charge in [-0.15, -0.1) is 0 Å². The molecular formula is C10H17NO. The fourth-order valence-electron chi connectivity index (χ4n) is 0.832. The Balaban J connectivity index is 3.71. The predicted molar refractivity (Wildman–Crippen MR) is 52.7 cm³/mol. The van der Waals surface area contributed by atoms with Gasteiger partial charge in [0.15, 0.2) is 0 Å². The number of oxime groups is 1. The molecule has 2 nitrogen and oxygen atoms in total. The van der Waals surface area contributed by atoms with Crippen molar-refractivity contribution in [3.63, 3.8) is 0 Å². The molecule has 0 aromatic heterocycles. The topological polar surface area (TPSA) is 32.6 Å². The van der Waals surface area contributed by atoms with E-state index in [1.54, 1.807) is 0 Å². The Morgan fingerprint density at radius 3 is 2.50 bits per heavy atom. The Kier molecular flexibility index (Phi) is 6.07. The largest absolute Gasteiger partial charge is 0.411 e. The average molecular weight is 167 g/mol. The lowest BCUT2D eigenvalue weighted by atomic mass is 10.1. The van der Waals surface area contributed by atoms with Crippen molar-refractivity contribution in [2.75, 3.05) is 0 Å². The second kappa shape index (κ2) is 6.65. The third kappa shape index (κ3) is 7.06. The van der Waals surface area contributed by atoms with E-state index in [4.69, 9.17) is 5.21 Å². The Bertz CT molecular complexity index is 198. The molecule has 0 unspecified atom stereocenters. The predicted octanol–water partition coefficient (Wildman–Crippen LogP) is 3.14. The van der Waals surface area contributed by atoms with Crippen LogP contribution in [0.2, 0.25) is 0 Å². The summed E-state index contributed by atoms with van der Waals surface area (Å²) in [7, 11) is 0. The zero-order valence-electron chi connectivity index (χ0n) is 8.04. The SMILES string of the molecule is CC(C)=CCC/C(C)=C/C=N\O. The highest BCUT2D eigenvalue weighted by Gasteiger charge is 1.86. The number of hydrogen-bond donors (Lipinski definition) is 1. The lowest BCUT2D eigenvalue weighted by molar-refractivity contribution is 0.322. The summed E-state index contributed by atoms with van der Waals surface area (Å²) in [5, 5.41) is 11.0. The van der Waals surface area contributed by atoms with Crippen molar-refractivity contribution in [3.05, 3.63) is 23.3 Å². The summed E-state index contributed by atoms with van der Waals surface area (Å²) in [6, 6.07) is 0. The van der Waals surface area contributed by atoms with Gasteiger partial charge in [-0.25, -0.2) is 0 Å². The van der Waals surface area contributed by atoms with Gasteiger partial charge in [-0.2, -0.15) is 0 Å². The fourth-order valence-corrected chi connectivity index (χ4v) is 0.832. The molecule has 68 valence electrons. The van der Waals surface area contributed by atoms with Crippen molar-refractivity contribution < 1.29 is 5.21 Å². The molecule has 0 spiro atoms. The summed E-state index contributed by atoms with van der Waals surface area (Å²) in [5.74, 6) is 0. The molecular weight excluding hydrogens is 150 g/mol. The first-order valence-corrected chi connectivity index (χ1v) is 4.13. The first kappa shape index (κ1) is 11.0. The summed E-state index contributed by atoms with van der Waals surface area (Å²) in [5.41, 5.74) is 2.57. The van der Waals surface area contributed by atoms with Crippen LogP contribution in [0.15, 0.2) is 28.5 Å². The molecule has 0 aliphatic heterocycles. The molecule has 0 radical (unpaired) electrons. The summed E-state index contributed by atoms with van der Waals surface area (Å²) in [6.07, 6.45) is 7.51. The quantitative estimate of drug-likeness (QED) is 0.296. The molecule has 0 heterocycles. The molecule has 0 bridgehead atoms. The van der Waals surface area contributed by atoms with Gasteiger partial charge in [0.25, 0.3) is 0 Å². The van der Waals surface area contributed by atoms with Gasteiger partial charge in [0.05, 0.1) is 6.21 Å². The van der Waals surface area contributed by atoms with Gasteiger partial charge >= 0.3 is 0 Å². The van der Waals surface area contributed by atoms with Crippen LogP contribution in [-0.2, 0) is 0 Å². The van der Waals surface area contributed by atoms with E-state index in [0.29, 0.717) is 0 Å². The van der Waals surface area contributed by atoms with Crippen molar-refractivity contribution in [1.29, 1.82) is 0 Å². The molecule has 0 saturated heterocycles. The van der Waals surface area contributed by atoms with E-state index in [9.17, 15) is 0 Å². The standard InChI is InChI=1S/C10H17NO/c1-9(2)5-4-6-10(3)7-8-11-12/h5,7-8,12H,4,6H2,1-3H3/b10-7+,11-8-. The first-order chi connectivity index (χ1) is 5.66. The molecule has 12 heavy (non-hydrogen) atoms. The van der Waals surface area contributed by atoms with Crippen LogP contribution < -0.4 is 0 Å². The highest BCUT2D eigenvalue weighted by atomic mass is 16.4. The van der Waals surface area contributed by atoms with Crippen LogP contribution in [0.25, 0.3) is 0 Å². The van der Waals surface area contributed by atoms with Crippen LogP contribution >= 0.6 is 0 Å². The zero-order chi connectivity index (χ0) is 9.40. The van der Waals surface area contributed by atoms with Gasteiger partial charge < -0.3 is 5.21 Å². The molecule has 1 N–H and O–H groups in total. The van der Waals surface area contributed by atoms with E-state index in [0.717, 1.165) is 12.8 Å². The normalized spacial score (nSPS) is 12.1. The van der Waals surface area contributed by atoms with E-state index < -0.39 is 0 Å². The van der Waals surface area contributed by atoms with Crippen molar-refractivity contribution in [1.82, 2.24) is 0 Å². The smallest absolute Gasteiger partial charge is 0.0660 e. The van der Waals surface area contributed by atoms with Crippen LogP contribution in [0.5, 0.6) is 0 Å². The molecule has 0 atom stereocenters. The minimum atomic E-state index is 1.02. The van der Waals surface area contributed by atoms with Gasteiger partial charge in [-0.1, -0.05) is 22.4 Å². The molecule has 0 aliphatic rings. The van der Waals surface area contributed by atoms with Crippen LogP contribution in [-0.4, -0.2) is 11.4 Å². The number of allylic oxidation sites excluding steroid dienone is 4. The second-order valence-corrected chi connectivity index (χ2v) is 3.10. The van der Waals surface area contributed by atoms with Crippen molar-refractivity contribution in [3.8, 4) is 0 Å². The van der Waals surface area contributed by atoms with Gasteiger partial charge in [0, 0.05) is 0 Å². The van der Waals surface area contributed by atoms with E-state index >= 15 is 0 Å². The highest BCUT2D eigenvalue weighted by Crippen LogP contribution is 2.05. The first-order valence-electron chi connectivity index (χ1n) is 4.13. The van der Waals surface area contributed by atoms with Gasteiger partial charge in [0.2, 0.25) is 0 Å². The van der Waals surface area contributed by atoms with Crippen molar-refractivity contribution in [2.45, 2.75) is 33.6 Å². The summed E-state index contributed by atoms with van der Waals surface area (Å²) in [6.45, 7) is 6.21. The van der Waals surface area contributed by atoms with Crippen molar-refractivity contribution >= 4 is 6.21 Å². The average Bonchev–Trinajstić information content (AvgIpc) is 2.00. The van der Waals surface area contributed by atoms with E-state index in [2.05, 4.69) is 25.1 Å². The molecule has 0 rings (SSSR count). The van der Waals surface area contributed by atoms with Gasteiger partial charge in [-0.3, -0.25) is 0 Å². The highest BCUT2D eigenvalue weighted by molar-refractivity contribution is 5.71. The maximum Gasteiger partial charge on any atom is 0.0660 e. The van der Waals surface area contributed by atoms with Crippen LogP contribution in [0.3, 0.4) is 0 Å². The number of nitrogens with zero attached hydrogens (tertiary/aromatic N) is 1. The second-order valence-electron chi connectivity index (χ2n) is 3.10.